The quantitative estimate of drug-likeness (QED) is 0.0265. The van der Waals surface area contributed by atoms with Gasteiger partial charge in [0.25, 0.3) is 0 Å². The number of nitrogens with zero attached hydrogens (tertiary/aromatic N) is 5. The third-order valence-corrected chi connectivity index (χ3v) is 25.8. The molecule has 2 aromatic carbocycles. The van der Waals surface area contributed by atoms with Gasteiger partial charge in [-0.1, -0.05) is 187 Å². The fourth-order valence-corrected chi connectivity index (χ4v) is 18.4. The van der Waals surface area contributed by atoms with Crippen LogP contribution < -0.4 is 39.3 Å². The predicted octanol–water partition coefficient (Wildman–Crippen LogP) is 10.8. The molecule has 2 aliphatic carbocycles. The minimum atomic E-state index is -1.11. The van der Waals surface area contributed by atoms with Crippen molar-refractivity contribution in [3.05, 3.63) is 65.9 Å². The van der Waals surface area contributed by atoms with E-state index in [4.69, 9.17) is 33.8 Å². The van der Waals surface area contributed by atoms with E-state index >= 15 is 0 Å². The van der Waals surface area contributed by atoms with Gasteiger partial charge >= 0.3 is 5.97 Å². The van der Waals surface area contributed by atoms with E-state index in [1.54, 1.807) is 66.8 Å². The van der Waals surface area contributed by atoms with Gasteiger partial charge in [-0.3, -0.25) is 67.1 Å². The number of aromatic hydroxyl groups is 1. The summed E-state index contributed by atoms with van der Waals surface area (Å²) in [5.41, 5.74) is 32.5. The van der Waals surface area contributed by atoms with Crippen molar-refractivity contribution in [2.24, 2.45) is 93.8 Å². The van der Waals surface area contributed by atoms with E-state index < -0.39 is 48.5 Å². The lowest BCUT2D eigenvalue weighted by Gasteiger charge is -2.34. The van der Waals surface area contributed by atoms with Crippen LogP contribution in [0.25, 0.3) is 10.9 Å². The number of carboxylic acid groups (broad SMARTS) is 1. The molecule has 5 amide bonds. The van der Waals surface area contributed by atoms with Crippen LogP contribution in [0.2, 0.25) is 0 Å². The van der Waals surface area contributed by atoms with Gasteiger partial charge in [-0.15, -0.1) is 0 Å². The number of aromatic nitrogens is 1. The van der Waals surface area contributed by atoms with Gasteiger partial charge in [0.05, 0.1) is 79.4 Å². The van der Waals surface area contributed by atoms with E-state index in [0.717, 1.165) is 125 Å². The van der Waals surface area contributed by atoms with Crippen LogP contribution in [-0.4, -0.2) is 241 Å². The monoisotopic (exact) mass is 1800 g/mol. The standard InChI is InChI=1S/C19H25N3O2.C17H30N2O2.C16H28N2O2.C16H23NO3.C12H20N2O4.C11H20N2O2.C9H19NO/c1-12(2)18(23)17-8-5-9-22(17)19(24)15(20)10-13-11-21-16-7-4-3-6-14(13)16;1-12(2)16(20)14-10-7-11-19(14)17(21)15(18-3)13-8-5-4-6-9-13;1-11(2)15(19)13-9-6-10-18(13)16(20)14(17)12-7-4-3-5-8-12;1-10(2)16(20)11(3)8-15(19)14(17)9-12-4-6-13(18)7-5-12;1-7(2)11(17)9-4-3-5-14(9)12(18)8(13)6-10(15)16;1-8(2)11(15)9-5-4-6-13(9)10(14)7-12-3;1-6(2)5-8(10)9(11)7(3)4/h3-4,6-7,11-12,15,17,21H,5,8-10,20H2,1-2H3;12-15,18H,4-11H2,1-3H3;11-14H,3-10,17H2,1-2H3;4-7,10-11,14,18H,8-9,17H2,1-3H3;7-9H,3-6,13H2,1-2H3,(H,15,16);8-9,12H,4-7H2,1-3H3;6-8H,5,10H2,1-4H3/t15-,17-;14-,15-;13-,14-;11-,14+;8-,9-;9-;/m000100./s1. The molecule has 7 aliphatic rings. The lowest BCUT2D eigenvalue weighted by molar-refractivity contribution is -0.144. The van der Waals surface area contributed by atoms with E-state index in [9.17, 15) is 72.2 Å². The molecule has 3 aromatic rings. The molecule has 29 heteroatoms. The Morgan fingerprint density at radius 3 is 1.19 bits per heavy atom. The SMILES string of the molecule is CC(C)C(=O)[C@@H]1CCCN1C(=O)[C@@H](N)C1CCCCC1.CC(C)C(=O)[C@@H]1CCCN1C(=O)[C@@H](N)CC(=O)O.CC(C)C(=O)[C@@H]1CCCN1C(=O)[C@@H](N)Cc1c[nH]c2ccccc12.CC(C)C(=O)[C@H](C)CC(=O)[C@@H](N)Cc1ccc(O)cc1.CC(C)CC(N)C(=O)C(C)C.CNCC(=O)N1CCC[C@H]1C(=O)C(C)C.CN[C@H](C(=O)N1CCC[C@H]1C(=O)C(C)C)C1CCCCC1. The van der Waals surface area contributed by atoms with Gasteiger partial charge in [-0.05, 0) is 170 Å². The van der Waals surface area contributed by atoms with Gasteiger partial charge in [0, 0.05) is 104 Å². The number of phenolic OH excluding ortho intramolecular Hbond substituents is 1. The number of aliphatic carboxylic acids is 1. The van der Waals surface area contributed by atoms with Gasteiger partial charge in [0.2, 0.25) is 29.5 Å². The molecule has 1 unspecified atom stereocenters. The predicted molar refractivity (Wildman–Crippen MR) is 507 cm³/mol. The number of likely N-dealkylation sites (N-methyl/N-ethyl adjacent to an activating group) is 2. The molecule has 5 saturated heterocycles. The van der Waals surface area contributed by atoms with E-state index in [-0.39, 0.29) is 166 Å². The number of Topliss-reactive ketones (excluding diaryl/α,β-unsaturated/α-hetero) is 8. The van der Waals surface area contributed by atoms with Crippen LogP contribution in [0, 0.1) is 65.1 Å². The van der Waals surface area contributed by atoms with Crippen LogP contribution in [-0.2, 0) is 80.0 Å². The second-order valence-electron chi connectivity index (χ2n) is 39.2. The molecule has 0 spiro atoms. The molecular formula is C100H165N13O16. The Bertz CT molecular complexity index is 4070. The summed E-state index contributed by atoms with van der Waals surface area (Å²) in [7, 11) is 3.62. The number of nitrogens with two attached hydrogens (primary N) is 5. The number of benzene rings is 2. The molecule has 726 valence electrons. The summed E-state index contributed by atoms with van der Waals surface area (Å²) in [6, 6.07) is 10.2. The summed E-state index contributed by atoms with van der Waals surface area (Å²) in [5, 5.41) is 25.0. The van der Waals surface area contributed by atoms with Crippen LogP contribution >= 0.6 is 0 Å². The maximum atomic E-state index is 12.9. The molecule has 29 nitrogen and oxygen atoms in total. The Labute approximate surface area is 769 Å². The molecule has 10 rings (SSSR count). The third-order valence-electron chi connectivity index (χ3n) is 25.8. The number of nitrogens with one attached hydrogen (secondary N) is 3. The second-order valence-corrected chi connectivity index (χ2v) is 39.2. The summed E-state index contributed by atoms with van der Waals surface area (Å²) < 4.78 is 0. The second kappa shape index (κ2) is 56.5. The number of para-hydroxylation sites is 1. The normalized spacial score (nSPS) is 20.5. The van der Waals surface area contributed by atoms with E-state index in [0.29, 0.717) is 63.2 Å². The average Bonchev–Trinajstić information content (AvgIpc) is 1.83. The van der Waals surface area contributed by atoms with Crippen LogP contribution in [0.3, 0.4) is 0 Å². The molecule has 129 heavy (non-hydrogen) atoms. The van der Waals surface area contributed by atoms with Crippen LogP contribution in [0.4, 0.5) is 0 Å². The zero-order chi connectivity index (χ0) is 97.0. The highest BCUT2D eigenvalue weighted by Gasteiger charge is 2.44. The zero-order valence-corrected chi connectivity index (χ0v) is 81.6. The summed E-state index contributed by atoms with van der Waals surface area (Å²) in [6.45, 7) is 35.8. The van der Waals surface area contributed by atoms with Gasteiger partial charge in [-0.2, -0.15) is 0 Å². The lowest BCUT2D eigenvalue weighted by Crippen LogP contribution is -2.53. The number of rotatable bonds is 34. The Morgan fingerprint density at radius 2 is 0.798 bits per heavy atom. The maximum Gasteiger partial charge on any atom is 0.305 e. The molecule has 0 bridgehead atoms. The van der Waals surface area contributed by atoms with Gasteiger partial charge < -0.3 is 79.0 Å². The first-order valence-corrected chi connectivity index (χ1v) is 48.2. The average molecular weight is 1810 g/mol. The zero-order valence-electron chi connectivity index (χ0n) is 81.6. The summed E-state index contributed by atoms with van der Waals surface area (Å²) in [5.74, 6) is 0.436. The highest BCUT2D eigenvalue weighted by atomic mass is 16.4. The summed E-state index contributed by atoms with van der Waals surface area (Å²) in [6.07, 6.45) is 23.5. The molecule has 0 radical (unpaired) electrons. The highest BCUT2D eigenvalue weighted by Crippen LogP contribution is 2.33. The first-order chi connectivity index (χ1) is 60.7. The van der Waals surface area contributed by atoms with Crippen LogP contribution in [0.1, 0.15) is 277 Å². The summed E-state index contributed by atoms with van der Waals surface area (Å²) >= 11 is 0. The maximum absolute atomic E-state index is 12.9. The first-order valence-electron chi connectivity index (χ1n) is 48.2. The van der Waals surface area contributed by atoms with Crippen molar-refractivity contribution in [2.75, 3.05) is 53.4 Å². The molecule has 2 saturated carbocycles. The molecule has 1 aromatic heterocycles. The van der Waals surface area contributed by atoms with Gasteiger partial charge in [-0.25, -0.2) is 0 Å². The minimum Gasteiger partial charge on any atom is -0.508 e. The molecule has 7 fully saturated rings. The third kappa shape index (κ3) is 35.3. The number of fused-ring (bicyclic) bond motifs is 1. The number of carbonyl (C=O) groups is 14. The Hall–Kier alpha value is -8.32. The molecule has 12 atom stereocenters. The number of hydrogen-bond donors (Lipinski definition) is 10. The van der Waals surface area contributed by atoms with E-state index in [1.807, 2.05) is 125 Å². The number of carbonyl (C=O) groups excluding carboxylic acids is 13. The van der Waals surface area contributed by atoms with Crippen molar-refractivity contribution in [2.45, 2.75) is 345 Å². The first kappa shape index (κ1) is 113. The molecule has 15 N–H and O–H groups in total. The molecule has 5 aliphatic heterocycles. The number of hydrogen-bond acceptors (Lipinski definition) is 22. The lowest BCUT2D eigenvalue weighted by atomic mass is 9.83. The number of phenols is 1. The minimum absolute atomic E-state index is 0.00566. The molecule has 6 heterocycles. The Balaban J connectivity index is 0.000000318. The largest absolute Gasteiger partial charge is 0.508 e. The van der Waals surface area contributed by atoms with Crippen molar-refractivity contribution in [1.82, 2.24) is 40.1 Å². The fraction of sp³-hybridized carbons (Fsp3) is 0.720. The van der Waals surface area contributed by atoms with Crippen LogP contribution in [0.5, 0.6) is 5.75 Å². The van der Waals surface area contributed by atoms with Crippen molar-refractivity contribution in [3.63, 3.8) is 0 Å². The van der Waals surface area contributed by atoms with Gasteiger partial charge in [0.1, 0.15) is 11.5 Å². The van der Waals surface area contributed by atoms with E-state index in [1.165, 1.54) is 43.4 Å². The summed E-state index contributed by atoms with van der Waals surface area (Å²) in [4.78, 5) is 180. The molecular weight excluding hydrogens is 1640 g/mol. The van der Waals surface area contributed by atoms with Gasteiger partial charge in [0.15, 0.2) is 40.5 Å². The van der Waals surface area contributed by atoms with Crippen molar-refractivity contribution >= 4 is 92.7 Å². The Kier molecular flexibility index (Phi) is 49.5. The smallest absolute Gasteiger partial charge is 0.305 e. The number of carboxylic acids is 1. The topological polar surface area (TPSA) is 466 Å². The number of aromatic amines is 1. The fourth-order valence-electron chi connectivity index (χ4n) is 18.4. The Morgan fingerprint density at radius 1 is 0.411 bits per heavy atom. The van der Waals surface area contributed by atoms with Crippen molar-refractivity contribution < 1.29 is 77.3 Å². The highest BCUT2D eigenvalue weighted by molar-refractivity contribution is 5.97. The number of amides is 5. The van der Waals surface area contributed by atoms with Crippen molar-refractivity contribution in [1.29, 1.82) is 0 Å². The van der Waals surface area contributed by atoms with Crippen molar-refractivity contribution in [3.8, 4) is 5.75 Å². The number of H-pyrrole nitrogens is 1. The van der Waals surface area contributed by atoms with E-state index in [2.05, 4.69) is 29.5 Å². The van der Waals surface area contributed by atoms with Crippen LogP contribution in [0.15, 0.2) is 54.7 Å². The number of ketones is 8. The number of likely N-dealkylation sites (tertiary alicyclic amines) is 5.